The summed E-state index contributed by atoms with van der Waals surface area (Å²) in [6.45, 7) is 2.21. The third-order valence-electron chi connectivity index (χ3n) is 6.28. The molecule has 0 saturated heterocycles. The van der Waals surface area contributed by atoms with E-state index in [2.05, 4.69) is 5.32 Å². The zero-order valence-corrected chi connectivity index (χ0v) is 22.1. The Morgan fingerprint density at radius 3 is 2.44 bits per heavy atom. The van der Waals surface area contributed by atoms with Crippen LogP contribution in [0.1, 0.15) is 61.9 Å². The van der Waals surface area contributed by atoms with Gasteiger partial charge in [-0.2, -0.15) is 0 Å². The van der Waals surface area contributed by atoms with Gasteiger partial charge in [0, 0.05) is 34.6 Å². The highest BCUT2D eigenvalue weighted by molar-refractivity contribution is 8.06. The maximum atomic E-state index is 13.7. The Balaban J connectivity index is 1.61. The normalized spacial score (nSPS) is 15.7. The number of nitrogens with one attached hydrogen (secondary N) is 1. The van der Waals surface area contributed by atoms with Crippen molar-refractivity contribution in [2.45, 2.75) is 39.7 Å². The quantitative estimate of drug-likeness (QED) is 0.378. The van der Waals surface area contributed by atoms with Crippen molar-refractivity contribution in [3.8, 4) is 0 Å². The van der Waals surface area contributed by atoms with Crippen molar-refractivity contribution in [2.75, 3.05) is 16.8 Å². The van der Waals surface area contributed by atoms with Gasteiger partial charge in [-0.05, 0) is 86.9 Å². The fourth-order valence-electron chi connectivity index (χ4n) is 4.53. The lowest BCUT2D eigenvalue weighted by Crippen LogP contribution is -2.32. The largest absolute Gasteiger partial charge is 0.325 e. The average molecular weight is 525 g/mol. The van der Waals surface area contributed by atoms with Crippen LogP contribution in [0.15, 0.2) is 60.7 Å². The van der Waals surface area contributed by atoms with Crippen LogP contribution in [0.5, 0.6) is 0 Å². The van der Waals surface area contributed by atoms with Gasteiger partial charge in [0.15, 0.2) is 0 Å². The van der Waals surface area contributed by atoms with E-state index in [9.17, 15) is 19.4 Å². The molecular formula is C27H29N2O5PS. The van der Waals surface area contributed by atoms with Gasteiger partial charge in [-0.1, -0.05) is 35.9 Å². The summed E-state index contributed by atoms with van der Waals surface area (Å²) in [5, 5.41) is 2.91. The standard InChI is InChI=1S/C27H29N2O5PS/c1-17-10-13-24-23(15-17)25(34-35(32,33)36)9-6-14-29(24)27(31)22-12-11-20(16-19(22)3)28-26(30)21-8-5-4-7-18(21)2/h4-5,7-8,10-13,15-16,25H,6,9,14H2,1-3H3,(H,28,30)(H2,32,33,36). The first-order valence-electron chi connectivity index (χ1n) is 11.7. The molecule has 7 nitrogen and oxygen atoms in total. The maximum absolute atomic E-state index is 13.7. The Bertz CT molecular complexity index is 1370. The number of rotatable bonds is 5. The Hall–Kier alpha value is -2.87. The highest BCUT2D eigenvalue weighted by Crippen LogP contribution is 2.47. The maximum Gasteiger partial charge on any atom is 0.322 e. The zero-order valence-electron chi connectivity index (χ0n) is 20.4. The fraction of sp³-hybridized carbons (Fsp3) is 0.259. The lowest BCUT2D eigenvalue weighted by Gasteiger charge is -2.26. The number of benzene rings is 3. The van der Waals surface area contributed by atoms with Gasteiger partial charge in [-0.25, -0.2) is 0 Å². The fourth-order valence-corrected chi connectivity index (χ4v) is 5.39. The number of carbonyl (C=O) groups is 2. The van der Waals surface area contributed by atoms with E-state index >= 15 is 0 Å². The molecule has 1 heterocycles. The summed E-state index contributed by atoms with van der Waals surface area (Å²) >= 11 is 4.72. The van der Waals surface area contributed by atoms with Crippen LogP contribution in [0.3, 0.4) is 0 Å². The van der Waals surface area contributed by atoms with E-state index in [0.29, 0.717) is 47.5 Å². The van der Waals surface area contributed by atoms with Crippen molar-refractivity contribution in [2.24, 2.45) is 0 Å². The molecule has 36 heavy (non-hydrogen) atoms. The molecule has 3 aromatic rings. The summed E-state index contributed by atoms with van der Waals surface area (Å²) in [6, 6.07) is 18.3. The van der Waals surface area contributed by atoms with Gasteiger partial charge >= 0.3 is 6.72 Å². The van der Waals surface area contributed by atoms with Crippen molar-refractivity contribution in [1.29, 1.82) is 0 Å². The summed E-state index contributed by atoms with van der Waals surface area (Å²) in [6.07, 6.45) is 0.491. The second-order valence-corrected chi connectivity index (χ2v) is 11.7. The summed E-state index contributed by atoms with van der Waals surface area (Å²) in [5.41, 5.74) is 5.66. The van der Waals surface area contributed by atoms with Crippen LogP contribution in [0.4, 0.5) is 11.4 Å². The van der Waals surface area contributed by atoms with Gasteiger partial charge < -0.3 is 24.5 Å². The lowest BCUT2D eigenvalue weighted by molar-refractivity contribution is 0.0984. The van der Waals surface area contributed by atoms with Gasteiger partial charge in [0.1, 0.15) is 0 Å². The van der Waals surface area contributed by atoms with E-state index in [1.165, 1.54) is 0 Å². The van der Waals surface area contributed by atoms with Crippen LogP contribution in [0.25, 0.3) is 0 Å². The molecule has 0 radical (unpaired) electrons. The van der Waals surface area contributed by atoms with Crippen LogP contribution >= 0.6 is 6.72 Å². The minimum absolute atomic E-state index is 0.178. The Morgan fingerprint density at radius 1 is 1.00 bits per heavy atom. The first kappa shape index (κ1) is 26.2. The van der Waals surface area contributed by atoms with Crippen LogP contribution in [-0.4, -0.2) is 28.1 Å². The van der Waals surface area contributed by atoms with E-state index in [1.54, 1.807) is 29.2 Å². The SMILES string of the molecule is Cc1ccc2c(c1)C(OP(O)(O)=S)CCCN2C(=O)c1ccc(NC(=O)c2ccccc2C)cc1C. The molecule has 0 spiro atoms. The average Bonchev–Trinajstić information content (AvgIpc) is 2.97. The van der Waals surface area contributed by atoms with E-state index in [0.717, 1.165) is 16.7 Å². The summed E-state index contributed by atoms with van der Waals surface area (Å²) in [7, 11) is 0. The molecule has 3 N–H and O–H groups in total. The minimum atomic E-state index is -3.88. The molecule has 1 aliphatic heterocycles. The third kappa shape index (κ3) is 5.91. The molecule has 1 atom stereocenters. The molecule has 0 saturated carbocycles. The van der Waals surface area contributed by atoms with Gasteiger partial charge in [0.2, 0.25) is 0 Å². The third-order valence-corrected chi connectivity index (χ3v) is 7.07. The molecule has 0 fully saturated rings. The second-order valence-electron chi connectivity index (χ2n) is 9.04. The van der Waals surface area contributed by atoms with Crippen LogP contribution in [0.2, 0.25) is 0 Å². The number of amides is 2. The van der Waals surface area contributed by atoms with Gasteiger partial charge in [0.25, 0.3) is 11.8 Å². The van der Waals surface area contributed by atoms with Gasteiger partial charge in [-0.15, -0.1) is 0 Å². The van der Waals surface area contributed by atoms with E-state index in [4.69, 9.17) is 16.3 Å². The van der Waals surface area contributed by atoms with Crippen molar-refractivity contribution >= 4 is 41.7 Å². The van der Waals surface area contributed by atoms with Crippen molar-refractivity contribution in [3.63, 3.8) is 0 Å². The zero-order chi connectivity index (χ0) is 26.0. The Labute approximate surface area is 216 Å². The van der Waals surface area contributed by atoms with Crippen molar-refractivity contribution < 1.29 is 23.9 Å². The Kier molecular flexibility index (Phi) is 7.73. The number of hydrogen-bond donors (Lipinski definition) is 3. The molecule has 4 rings (SSSR count). The number of carbonyl (C=O) groups excluding carboxylic acids is 2. The Morgan fingerprint density at radius 2 is 1.75 bits per heavy atom. The van der Waals surface area contributed by atoms with Gasteiger partial charge in [0.05, 0.1) is 6.10 Å². The number of anilines is 2. The monoisotopic (exact) mass is 524 g/mol. The molecule has 0 bridgehead atoms. The molecule has 0 aromatic heterocycles. The van der Waals surface area contributed by atoms with Crippen molar-refractivity contribution in [1.82, 2.24) is 0 Å². The predicted molar refractivity (Wildman–Crippen MR) is 145 cm³/mol. The smallest absolute Gasteiger partial charge is 0.322 e. The van der Waals surface area contributed by atoms with Crippen molar-refractivity contribution in [3.05, 3.63) is 94.0 Å². The summed E-state index contributed by atoms with van der Waals surface area (Å²) in [5.74, 6) is -0.384. The lowest BCUT2D eigenvalue weighted by atomic mass is 10.0. The highest BCUT2D eigenvalue weighted by atomic mass is 32.5. The number of hydrogen-bond acceptors (Lipinski definition) is 4. The minimum Gasteiger partial charge on any atom is -0.325 e. The summed E-state index contributed by atoms with van der Waals surface area (Å²) < 4.78 is 5.45. The summed E-state index contributed by atoms with van der Waals surface area (Å²) in [4.78, 5) is 47.6. The molecule has 1 aliphatic rings. The molecule has 188 valence electrons. The number of nitrogens with zero attached hydrogens (tertiary/aromatic N) is 1. The van der Waals surface area contributed by atoms with E-state index in [1.807, 2.05) is 57.2 Å². The number of aryl methyl sites for hydroxylation is 3. The van der Waals surface area contributed by atoms with Crippen LogP contribution in [0, 0.1) is 20.8 Å². The van der Waals surface area contributed by atoms with E-state index < -0.39 is 12.8 Å². The topological polar surface area (TPSA) is 99.1 Å². The molecule has 1 unspecified atom stereocenters. The molecular weight excluding hydrogens is 495 g/mol. The first-order chi connectivity index (χ1) is 17.0. The second kappa shape index (κ2) is 10.6. The number of fused-ring (bicyclic) bond motifs is 1. The van der Waals surface area contributed by atoms with E-state index in [-0.39, 0.29) is 11.8 Å². The van der Waals surface area contributed by atoms with Crippen LogP contribution < -0.4 is 10.2 Å². The van der Waals surface area contributed by atoms with Crippen LogP contribution in [-0.2, 0) is 16.3 Å². The molecule has 2 amide bonds. The molecule has 3 aromatic carbocycles. The molecule has 9 heteroatoms. The highest BCUT2D eigenvalue weighted by Gasteiger charge is 2.30. The predicted octanol–water partition coefficient (Wildman–Crippen LogP) is 5.57. The molecule has 0 aliphatic carbocycles. The first-order valence-corrected chi connectivity index (χ1v) is 14.3. The van der Waals surface area contributed by atoms with Gasteiger partial charge in [-0.3, -0.25) is 9.59 Å².